The Morgan fingerprint density at radius 1 is 1.23 bits per heavy atom. The molecule has 0 radical (unpaired) electrons. The van der Waals surface area contributed by atoms with Crippen molar-refractivity contribution in [1.29, 1.82) is 0 Å². The first kappa shape index (κ1) is 25.6. The van der Waals surface area contributed by atoms with E-state index in [1.54, 1.807) is 0 Å². The lowest BCUT2D eigenvalue weighted by atomic mass is 10.1. The molecular formula is C19H35N2P. The van der Waals surface area contributed by atoms with Crippen molar-refractivity contribution in [3.05, 3.63) is 61.7 Å². The highest BCUT2D eigenvalue weighted by Gasteiger charge is 2.07. The van der Waals surface area contributed by atoms with Gasteiger partial charge in [0, 0.05) is 25.3 Å². The zero-order chi connectivity index (χ0) is 16.7. The van der Waals surface area contributed by atoms with Crippen molar-refractivity contribution in [1.82, 2.24) is 4.67 Å². The van der Waals surface area contributed by atoms with Crippen LogP contribution in [-0.2, 0) is 6.54 Å². The van der Waals surface area contributed by atoms with Gasteiger partial charge < -0.3 is 5.32 Å². The fraction of sp³-hybridized carbons (Fsp3) is 0.368. The van der Waals surface area contributed by atoms with Crippen LogP contribution in [0.5, 0.6) is 0 Å². The Balaban J connectivity index is -0.000000665. The first-order valence-corrected chi connectivity index (χ1v) is 7.83. The molecule has 1 atom stereocenters. The van der Waals surface area contributed by atoms with E-state index in [1.165, 1.54) is 11.3 Å². The normalized spacial score (nSPS) is 8.41. The summed E-state index contributed by atoms with van der Waals surface area (Å²) in [5.41, 5.74) is 3.61. The standard InChI is InChI=1S/C14H21N2P.C2H6.C2H4.CH4/c1-4-10-16(17)11-13-9-7-8-12(5-2)14(13)15-6-3;2*1-2;/h4-5,7-9,15H,1-2,6,10-11,17H2,3H3;1-2H3;1-2H2;1H4. The molecule has 2 nitrogen and oxygen atoms in total. The number of nitrogens with zero attached hydrogens (tertiary/aromatic N) is 1. The lowest BCUT2D eigenvalue weighted by Gasteiger charge is -2.19. The van der Waals surface area contributed by atoms with Crippen molar-refractivity contribution >= 4 is 21.2 Å². The first-order chi connectivity index (χ1) is 10.2. The van der Waals surface area contributed by atoms with Crippen molar-refractivity contribution in [2.45, 2.75) is 34.7 Å². The molecular weight excluding hydrogens is 287 g/mol. The number of hydrogen-bond acceptors (Lipinski definition) is 2. The number of para-hydroxylation sites is 1. The minimum atomic E-state index is 0. The summed E-state index contributed by atoms with van der Waals surface area (Å²) in [6.07, 6.45) is 3.79. The molecule has 0 aliphatic rings. The second kappa shape index (κ2) is 17.7. The van der Waals surface area contributed by atoms with Gasteiger partial charge in [0.05, 0.1) is 0 Å². The first-order valence-electron chi connectivity index (χ1n) is 7.31. The van der Waals surface area contributed by atoms with Crippen LogP contribution in [0.1, 0.15) is 39.3 Å². The van der Waals surface area contributed by atoms with Crippen LogP contribution in [0.2, 0.25) is 0 Å². The summed E-state index contributed by atoms with van der Waals surface area (Å²) in [5.74, 6) is 0. The van der Waals surface area contributed by atoms with Gasteiger partial charge in [-0.25, -0.2) is 0 Å². The van der Waals surface area contributed by atoms with Gasteiger partial charge in [0.2, 0.25) is 0 Å². The zero-order valence-corrected chi connectivity index (χ0v) is 15.0. The molecule has 0 spiro atoms. The molecule has 126 valence electrons. The highest BCUT2D eigenvalue weighted by atomic mass is 31.0. The van der Waals surface area contributed by atoms with Gasteiger partial charge in [-0.3, -0.25) is 4.67 Å². The van der Waals surface area contributed by atoms with E-state index in [-0.39, 0.29) is 7.43 Å². The summed E-state index contributed by atoms with van der Waals surface area (Å²) >= 11 is 0. The van der Waals surface area contributed by atoms with Crippen molar-refractivity contribution in [2.24, 2.45) is 0 Å². The van der Waals surface area contributed by atoms with Crippen molar-refractivity contribution in [3.8, 4) is 0 Å². The molecule has 1 aromatic rings. The van der Waals surface area contributed by atoms with Crippen LogP contribution in [0, 0.1) is 0 Å². The highest BCUT2D eigenvalue weighted by Crippen LogP contribution is 2.24. The number of benzene rings is 1. The molecule has 0 aliphatic carbocycles. The molecule has 0 aromatic heterocycles. The third-order valence-corrected chi connectivity index (χ3v) is 2.89. The topological polar surface area (TPSA) is 15.3 Å². The number of nitrogens with one attached hydrogen (secondary N) is 1. The van der Waals surface area contributed by atoms with E-state index >= 15 is 0 Å². The molecule has 0 bridgehead atoms. The van der Waals surface area contributed by atoms with Gasteiger partial charge in [-0.15, -0.1) is 19.7 Å². The number of anilines is 1. The molecule has 3 heteroatoms. The third-order valence-electron chi connectivity index (χ3n) is 2.49. The smallest absolute Gasteiger partial charge is 0.0459 e. The van der Waals surface area contributed by atoms with E-state index < -0.39 is 0 Å². The molecule has 0 heterocycles. The van der Waals surface area contributed by atoms with Gasteiger partial charge in [-0.2, -0.15) is 0 Å². The van der Waals surface area contributed by atoms with E-state index in [2.05, 4.69) is 70.8 Å². The number of hydrogen-bond donors (Lipinski definition) is 1. The van der Waals surface area contributed by atoms with Crippen LogP contribution in [0.4, 0.5) is 5.69 Å². The van der Waals surface area contributed by atoms with Crippen LogP contribution in [0.15, 0.2) is 50.6 Å². The average molecular weight is 322 g/mol. The fourth-order valence-corrected chi connectivity index (χ4v) is 2.11. The van der Waals surface area contributed by atoms with Gasteiger partial charge in [0.1, 0.15) is 0 Å². The second-order valence-electron chi connectivity index (χ2n) is 3.83. The van der Waals surface area contributed by atoms with E-state index in [9.17, 15) is 0 Å². The lowest BCUT2D eigenvalue weighted by molar-refractivity contribution is 0.516. The lowest BCUT2D eigenvalue weighted by Crippen LogP contribution is -2.13. The molecule has 22 heavy (non-hydrogen) atoms. The maximum absolute atomic E-state index is 3.86. The SMILES string of the molecule is C.C=C.C=CCN(P)Cc1cccc(C=C)c1NCC.CC. The second-order valence-corrected chi connectivity index (χ2v) is 4.56. The summed E-state index contributed by atoms with van der Waals surface area (Å²) in [6, 6.07) is 6.29. The van der Waals surface area contributed by atoms with Gasteiger partial charge >= 0.3 is 0 Å². The van der Waals surface area contributed by atoms with Gasteiger partial charge in [-0.1, -0.05) is 67.6 Å². The molecule has 1 aromatic carbocycles. The van der Waals surface area contributed by atoms with Crippen LogP contribution >= 0.6 is 9.39 Å². The maximum Gasteiger partial charge on any atom is 0.0459 e. The Hall–Kier alpha value is -1.37. The molecule has 1 rings (SSSR count). The largest absolute Gasteiger partial charge is 0.385 e. The Labute approximate surface area is 141 Å². The van der Waals surface area contributed by atoms with E-state index in [4.69, 9.17) is 0 Å². The Bertz CT molecular complexity index is 402. The number of rotatable bonds is 7. The molecule has 0 fully saturated rings. The summed E-state index contributed by atoms with van der Waals surface area (Å²) in [5, 5.41) is 3.41. The van der Waals surface area contributed by atoms with E-state index in [1.807, 2.05) is 26.0 Å². The van der Waals surface area contributed by atoms with E-state index in [0.717, 1.165) is 25.2 Å². The third kappa shape index (κ3) is 9.55. The summed E-state index contributed by atoms with van der Waals surface area (Å²) in [7, 11) is 2.73. The van der Waals surface area contributed by atoms with Crippen LogP contribution in [-0.4, -0.2) is 17.8 Å². The highest BCUT2D eigenvalue weighted by molar-refractivity contribution is 7.13. The zero-order valence-electron chi connectivity index (χ0n) is 13.9. The van der Waals surface area contributed by atoms with Crippen molar-refractivity contribution in [3.63, 3.8) is 0 Å². The minimum Gasteiger partial charge on any atom is -0.385 e. The van der Waals surface area contributed by atoms with E-state index in [0.29, 0.717) is 0 Å². The minimum absolute atomic E-state index is 0. The maximum atomic E-state index is 3.86. The fourth-order valence-electron chi connectivity index (χ4n) is 1.76. The van der Waals surface area contributed by atoms with Crippen LogP contribution in [0.3, 0.4) is 0 Å². The quantitative estimate of drug-likeness (QED) is 0.489. The van der Waals surface area contributed by atoms with Gasteiger partial charge in [0.25, 0.3) is 0 Å². The molecule has 0 aliphatic heterocycles. The van der Waals surface area contributed by atoms with Crippen LogP contribution in [0.25, 0.3) is 6.08 Å². The monoisotopic (exact) mass is 322 g/mol. The summed E-state index contributed by atoms with van der Waals surface area (Å²) in [4.78, 5) is 0. The van der Waals surface area contributed by atoms with Gasteiger partial charge in [-0.05, 0) is 18.1 Å². The molecule has 0 amide bonds. The van der Waals surface area contributed by atoms with Crippen LogP contribution < -0.4 is 5.32 Å². The van der Waals surface area contributed by atoms with Gasteiger partial charge in [0.15, 0.2) is 0 Å². The Morgan fingerprint density at radius 3 is 2.27 bits per heavy atom. The molecule has 0 saturated heterocycles. The molecule has 1 unspecified atom stereocenters. The predicted octanol–water partition coefficient (Wildman–Crippen LogP) is 6.00. The summed E-state index contributed by atoms with van der Waals surface area (Å²) < 4.78 is 2.15. The summed E-state index contributed by atoms with van der Waals surface area (Å²) in [6.45, 7) is 22.4. The molecule has 0 saturated carbocycles. The Kier molecular flexibility index (Phi) is 20.6. The predicted molar refractivity (Wildman–Crippen MR) is 110 cm³/mol. The molecule has 1 N–H and O–H groups in total. The Morgan fingerprint density at radius 2 is 1.82 bits per heavy atom. The van der Waals surface area contributed by atoms with Crippen molar-refractivity contribution in [2.75, 3.05) is 18.4 Å². The average Bonchev–Trinajstić information content (AvgIpc) is 2.53. The van der Waals surface area contributed by atoms with Crippen molar-refractivity contribution < 1.29 is 0 Å².